The highest BCUT2D eigenvalue weighted by atomic mass is 32.2. The Hall–Kier alpha value is -0.960. The summed E-state index contributed by atoms with van der Waals surface area (Å²) in [5.74, 6) is 1.01. The number of hydrogen-bond donors (Lipinski definition) is 1. The second-order valence-corrected chi connectivity index (χ2v) is 6.60. The van der Waals surface area contributed by atoms with Gasteiger partial charge < -0.3 is 5.11 Å². The van der Waals surface area contributed by atoms with Gasteiger partial charge in [-0.25, -0.2) is 0 Å². The van der Waals surface area contributed by atoms with Gasteiger partial charge in [0.15, 0.2) is 5.78 Å². The maximum absolute atomic E-state index is 11.2. The molecule has 0 unspecified atom stereocenters. The van der Waals surface area contributed by atoms with E-state index in [0.29, 0.717) is 5.56 Å². The molecule has 1 rings (SSSR count). The van der Waals surface area contributed by atoms with Crippen molar-refractivity contribution in [2.45, 2.75) is 38.2 Å². The van der Waals surface area contributed by atoms with Gasteiger partial charge in [0.2, 0.25) is 0 Å². The Labute approximate surface area is 101 Å². The third-order valence-corrected chi connectivity index (χ3v) is 3.47. The second-order valence-electron chi connectivity index (χ2n) is 4.80. The number of Topliss-reactive ketones (excluding diaryl/α,β-unsaturated/α-hetero) is 1. The number of carbonyl (C=O) groups is 1. The van der Waals surface area contributed by atoms with Gasteiger partial charge in [0, 0.05) is 21.6 Å². The van der Waals surface area contributed by atoms with Gasteiger partial charge in [0.05, 0.1) is 0 Å². The van der Waals surface area contributed by atoms with Crippen LogP contribution in [0.3, 0.4) is 0 Å². The molecule has 0 aliphatic rings. The Kier molecular flexibility index (Phi) is 4.03. The van der Waals surface area contributed by atoms with Crippen LogP contribution in [0.5, 0.6) is 5.75 Å². The Morgan fingerprint density at radius 2 is 2.00 bits per heavy atom. The molecule has 0 radical (unpaired) electrons. The first-order chi connectivity index (χ1) is 7.29. The summed E-state index contributed by atoms with van der Waals surface area (Å²) < 4.78 is 0.151. The van der Waals surface area contributed by atoms with Gasteiger partial charge in [-0.3, -0.25) is 4.79 Å². The molecule has 0 saturated carbocycles. The molecule has 0 saturated heterocycles. The van der Waals surface area contributed by atoms with E-state index in [0.717, 1.165) is 11.3 Å². The number of hydrogen-bond acceptors (Lipinski definition) is 3. The van der Waals surface area contributed by atoms with Crippen molar-refractivity contribution in [2.75, 3.05) is 0 Å². The van der Waals surface area contributed by atoms with Crippen LogP contribution in [-0.2, 0) is 5.75 Å². The third kappa shape index (κ3) is 3.89. The van der Waals surface area contributed by atoms with Crippen LogP contribution in [0.1, 0.15) is 43.6 Å². The van der Waals surface area contributed by atoms with Gasteiger partial charge in [-0.15, -0.1) is 0 Å². The Bertz CT molecular complexity index is 391. The Morgan fingerprint density at radius 1 is 1.38 bits per heavy atom. The first-order valence-electron chi connectivity index (χ1n) is 5.26. The predicted octanol–water partition coefficient (Wildman–Crippen LogP) is 3.63. The lowest BCUT2D eigenvalue weighted by molar-refractivity contribution is 0.101. The highest BCUT2D eigenvalue weighted by Crippen LogP contribution is 2.31. The molecule has 0 aliphatic heterocycles. The van der Waals surface area contributed by atoms with Gasteiger partial charge in [-0.05, 0) is 25.1 Å². The van der Waals surface area contributed by atoms with Crippen LogP contribution in [0.2, 0.25) is 0 Å². The molecule has 16 heavy (non-hydrogen) atoms. The standard InChI is InChI=1S/C13H18O2S/c1-9(14)10-5-6-12(15)11(7-10)8-16-13(2,3)4/h5-7,15H,8H2,1-4H3. The van der Waals surface area contributed by atoms with Crippen LogP contribution in [0, 0.1) is 0 Å². The summed E-state index contributed by atoms with van der Waals surface area (Å²) in [5.41, 5.74) is 1.48. The number of thioether (sulfide) groups is 1. The van der Waals surface area contributed by atoms with Gasteiger partial charge in [0.1, 0.15) is 5.75 Å². The van der Waals surface area contributed by atoms with Crippen molar-refractivity contribution in [2.24, 2.45) is 0 Å². The fraction of sp³-hybridized carbons (Fsp3) is 0.462. The number of benzene rings is 1. The largest absolute Gasteiger partial charge is 0.508 e. The summed E-state index contributed by atoms with van der Waals surface area (Å²) in [4.78, 5) is 11.2. The molecule has 0 fully saturated rings. The molecular formula is C13H18O2S. The van der Waals surface area contributed by atoms with Crippen molar-refractivity contribution in [3.8, 4) is 5.75 Å². The zero-order chi connectivity index (χ0) is 12.3. The third-order valence-electron chi connectivity index (χ3n) is 2.15. The van der Waals surface area contributed by atoms with Crippen molar-refractivity contribution < 1.29 is 9.90 Å². The molecule has 3 heteroatoms. The lowest BCUT2D eigenvalue weighted by atomic mass is 10.1. The van der Waals surface area contributed by atoms with E-state index in [4.69, 9.17) is 0 Å². The number of aromatic hydroxyl groups is 1. The lowest BCUT2D eigenvalue weighted by Crippen LogP contribution is -2.07. The number of rotatable bonds is 3. The monoisotopic (exact) mass is 238 g/mol. The first-order valence-corrected chi connectivity index (χ1v) is 6.25. The summed E-state index contributed by atoms with van der Waals surface area (Å²) in [6.45, 7) is 7.92. The first kappa shape index (κ1) is 13.1. The topological polar surface area (TPSA) is 37.3 Å². The molecule has 0 spiro atoms. The van der Waals surface area contributed by atoms with Crippen molar-refractivity contribution >= 4 is 17.5 Å². The van der Waals surface area contributed by atoms with E-state index in [1.165, 1.54) is 6.92 Å². The fourth-order valence-corrected chi connectivity index (χ4v) is 2.03. The van der Waals surface area contributed by atoms with Crippen LogP contribution in [0.15, 0.2) is 18.2 Å². The maximum Gasteiger partial charge on any atom is 0.159 e. The molecule has 1 aromatic rings. The zero-order valence-electron chi connectivity index (χ0n) is 10.2. The molecule has 0 aromatic heterocycles. The van der Waals surface area contributed by atoms with Crippen LogP contribution in [0.25, 0.3) is 0 Å². The molecule has 88 valence electrons. The molecule has 1 N–H and O–H groups in total. The van der Waals surface area contributed by atoms with Gasteiger partial charge in [-0.2, -0.15) is 11.8 Å². The van der Waals surface area contributed by atoms with Crippen molar-refractivity contribution in [1.82, 2.24) is 0 Å². The van der Waals surface area contributed by atoms with Gasteiger partial charge >= 0.3 is 0 Å². The Morgan fingerprint density at radius 3 is 2.50 bits per heavy atom. The average molecular weight is 238 g/mol. The normalized spacial score (nSPS) is 11.5. The quantitative estimate of drug-likeness (QED) is 0.817. The molecule has 2 nitrogen and oxygen atoms in total. The summed E-state index contributed by atoms with van der Waals surface area (Å²) in [6, 6.07) is 5.02. The summed E-state index contributed by atoms with van der Waals surface area (Å²) >= 11 is 1.75. The fourth-order valence-electron chi connectivity index (χ4n) is 1.21. The van der Waals surface area contributed by atoms with Gasteiger partial charge in [-0.1, -0.05) is 20.8 Å². The predicted molar refractivity (Wildman–Crippen MR) is 69.2 cm³/mol. The Balaban J connectivity index is 2.86. The second kappa shape index (κ2) is 4.91. The van der Waals surface area contributed by atoms with Crippen molar-refractivity contribution in [3.63, 3.8) is 0 Å². The van der Waals surface area contributed by atoms with E-state index in [2.05, 4.69) is 20.8 Å². The van der Waals surface area contributed by atoms with E-state index >= 15 is 0 Å². The van der Waals surface area contributed by atoms with E-state index in [1.807, 2.05) is 0 Å². The lowest BCUT2D eigenvalue weighted by Gasteiger charge is -2.18. The molecule has 0 bridgehead atoms. The van der Waals surface area contributed by atoms with Crippen molar-refractivity contribution in [3.05, 3.63) is 29.3 Å². The van der Waals surface area contributed by atoms with Crippen LogP contribution in [-0.4, -0.2) is 15.6 Å². The van der Waals surface area contributed by atoms with Crippen molar-refractivity contribution in [1.29, 1.82) is 0 Å². The minimum atomic E-state index is 0.0296. The van der Waals surface area contributed by atoms with E-state index in [1.54, 1.807) is 30.0 Å². The number of carbonyl (C=O) groups excluding carboxylic acids is 1. The molecule has 0 amide bonds. The molecule has 0 heterocycles. The molecule has 0 atom stereocenters. The molecular weight excluding hydrogens is 220 g/mol. The molecule has 1 aromatic carbocycles. The smallest absolute Gasteiger partial charge is 0.159 e. The highest BCUT2D eigenvalue weighted by Gasteiger charge is 2.13. The van der Waals surface area contributed by atoms with Gasteiger partial charge in [0.25, 0.3) is 0 Å². The number of phenolic OH excluding ortho intramolecular Hbond substituents is 1. The SMILES string of the molecule is CC(=O)c1ccc(O)c(CSC(C)(C)C)c1. The highest BCUT2D eigenvalue weighted by molar-refractivity contribution is 7.99. The number of ketones is 1. The van der Waals surface area contributed by atoms with E-state index < -0.39 is 0 Å². The van der Waals surface area contributed by atoms with Crippen LogP contribution >= 0.6 is 11.8 Å². The van der Waals surface area contributed by atoms with Crippen LogP contribution < -0.4 is 0 Å². The average Bonchev–Trinajstić information content (AvgIpc) is 2.14. The minimum Gasteiger partial charge on any atom is -0.508 e. The van der Waals surface area contributed by atoms with Crippen LogP contribution in [0.4, 0.5) is 0 Å². The number of phenols is 1. The summed E-state index contributed by atoms with van der Waals surface area (Å²) in [7, 11) is 0. The van der Waals surface area contributed by atoms with E-state index in [9.17, 15) is 9.90 Å². The minimum absolute atomic E-state index is 0.0296. The molecule has 0 aliphatic carbocycles. The summed E-state index contributed by atoms with van der Waals surface area (Å²) in [5, 5.41) is 9.69. The zero-order valence-corrected chi connectivity index (χ0v) is 11.0. The maximum atomic E-state index is 11.2. The summed E-state index contributed by atoms with van der Waals surface area (Å²) in [6.07, 6.45) is 0. The van der Waals surface area contributed by atoms with E-state index in [-0.39, 0.29) is 16.3 Å².